The molecule has 0 aliphatic carbocycles. The van der Waals surface area contributed by atoms with E-state index in [0.717, 1.165) is 4.90 Å². The van der Waals surface area contributed by atoms with E-state index in [9.17, 15) is 22.8 Å². The Bertz CT molecular complexity index is 605. The molecule has 0 bridgehead atoms. The number of hydrogen-bond acceptors (Lipinski definition) is 2. The summed E-state index contributed by atoms with van der Waals surface area (Å²) >= 11 is 0. The SMILES string of the molecule is C[n+]1ccn(C(=O)N2C[C@@H]3CN(C(=O)C(F)(F)F)C[C@@H]3C2)c1.[I-]. The molecule has 23 heavy (non-hydrogen) atoms. The molecule has 2 amide bonds. The first kappa shape index (κ1) is 18.0. The monoisotopic (exact) mass is 444 g/mol. The normalized spacial score (nSPS) is 23.7. The molecule has 2 atom stereocenters. The number of amides is 2. The van der Waals surface area contributed by atoms with E-state index in [1.54, 1.807) is 35.2 Å². The van der Waals surface area contributed by atoms with Crippen LogP contribution < -0.4 is 28.5 Å². The first-order valence-corrected chi connectivity index (χ1v) is 6.94. The minimum atomic E-state index is -4.83. The van der Waals surface area contributed by atoms with Crippen molar-refractivity contribution in [1.29, 1.82) is 0 Å². The highest BCUT2D eigenvalue weighted by molar-refractivity contribution is 5.82. The molecule has 3 heterocycles. The van der Waals surface area contributed by atoms with Gasteiger partial charge in [0.05, 0.1) is 7.05 Å². The number of alkyl halides is 3. The fourth-order valence-corrected chi connectivity index (χ4v) is 3.22. The third-order valence-corrected chi connectivity index (χ3v) is 4.28. The summed E-state index contributed by atoms with van der Waals surface area (Å²) in [4.78, 5) is 26.0. The minimum absolute atomic E-state index is 0. The van der Waals surface area contributed by atoms with Crippen molar-refractivity contribution in [2.24, 2.45) is 18.9 Å². The zero-order chi connectivity index (χ0) is 16.1. The molecule has 0 saturated carbocycles. The second kappa shape index (κ2) is 6.29. The van der Waals surface area contributed by atoms with Crippen LogP contribution in [0, 0.1) is 11.8 Å². The molecular formula is C13H16F3IN4O2. The summed E-state index contributed by atoms with van der Waals surface area (Å²) in [5, 5.41) is 0. The number of aromatic nitrogens is 2. The van der Waals surface area contributed by atoms with Gasteiger partial charge in [-0.1, -0.05) is 0 Å². The molecule has 10 heteroatoms. The van der Waals surface area contributed by atoms with Gasteiger partial charge in [0, 0.05) is 38.0 Å². The molecule has 0 N–H and O–H groups in total. The Balaban J connectivity index is 0.00000192. The molecule has 6 nitrogen and oxygen atoms in total. The van der Waals surface area contributed by atoms with Crippen molar-refractivity contribution in [3.63, 3.8) is 0 Å². The number of fused-ring (bicyclic) bond motifs is 1. The van der Waals surface area contributed by atoms with Gasteiger partial charge in [0.2, 0.25) is 0 Å². The Kier molecular flexibility index (Phi) is 4.92. The lowest BCUT2D eigenvalue weighted by Gasteiger charge is -2.21. The Labute approximate surface area is 147 Å². The molecule has 0 radical (unpaired) electrons. The molecule has 0 unspecified atom stereocenters. The maximum absolute atomic E-state index is 12.4. The number of rotatable bonds is 0. The third kappa shape index (κ3) is 3.45. The fourth-order valence-electron chi connectivity index (χ4n) is 3.22. The predicted octanol–water partition coefficient (Wildman–Crippen LogP) is -2.76. The van der Waals surface area contributed by atoms with Crippen LogP contribution in [-0.4, -0.2) is 58.7 Å². The molecule has 2 fully saturated rings. The van der Waals surface area contributed by atoms with Gasteiger partial charge < -0.3 is 33.8 Å². The van der Waals surface area contributed by atoms with Crippen LogP contribution >= 0.6 is 0 Å². The fraction of sp³-hybridized carbons (Fsp3) is 0.615. The van der Waals surface area contributed by atoms with Crippen LogP contribution in [0.3, 0.4) is 0 Å². The van der Waals surface area contributed by atoms with Gasteiger partial charge in [-0.05, 0) is 0 Å². The van der Waals surface area contributed by atoms with E-state index in [4.69, 9.17) is 0 Å². The lowest BCUT2D eigenvalue weighted by atomic mass is 10.0. The van der Waals surface area contributed by atoms with Crippen LogP contribution in [0.1, 0.15) is 0 Å². The van der Waals surface area contributed by atoms with Gasteiger partial charge in [-0.3, -0.25) is 4.79 Å². The molecule has 1 aromatic heterocycles. The van der Waals surface area contributed by atoms with Gasteiger partial charge in [0.25, 0.3) is 6.33 Å². The molecule has 0 aromatic carbocycles. The lowest BCUT2D eigenvalue weighted by molar-refractivity contribution is -0.670. The number of imidazole rings is 1. The Morgan fingerprint density at radius 1 is 1.09 bits per heavy atom. The van der Waals surface area contributed by atoms with Gasteiger partial charge in [-0.2, -0.15) is 17.7 Å². The Morgan fingerprint density at radius 2 is 1.61 bits per heavy atom. The predicted molar refractivity (Wildman–Crippen MR) is 67.6 cm³/mol. The summed E-state index contributed by atoms with van der Waals surface area (Å²) in [6, 6.07) is -0.191. The topological polar surface area (TPSA) is 49.4 Å². The third-order valence-electron chi connectivity index (χ3n) is 4.28. The van der Waals surface area contributed by atoms with Crippen LogP contribution in [0.15, 0.2) is 18.7 Å². The zero-order valence-corrected chi connectivity index (χ0v) is 14.5. The van der Waals surface area contributed by atoms with Crippen molar-refractivity contribution in [3.05, 3.63) is 18.7 Å². The standard InChI is InChI=1S/C13H16F3N4O2.HI/c1-17-2-3-18(8-17)12(22)20-6-9-4-19(5-10(9)7-20)11(21)13(14,15)16;/h2-3,8-10H,4-7H2,1H3;1H/q+1;/p-1/t9-,10+;. The number of hydrogen-bond donors (Lipinski definition) is 0. The highest BCUT2D eigenvalue weighted by Crippen LogP contribution is 2.33. The number of carbonyl (C=O) groups excluding carboxylic acids is 2. The van der Waals surface area contributed by atoms with Gasteiger partial charge >= 0.3 is 18.1 Å². The van der Waals surface area contributed by atoms with Gasteiger partial charge in [0.15, 0.2) is 0 Å². The number of nitrogens with zero attached hydrogens (tertiary/aromatic N) is 4. The van der Waals surface area contributed by atoms with E-state index in [-0.39, 0.29) is 54.9 Å². The Hall–Kier alpha value is -1.33. The van der Waals surface area contributed by atoms with E-state index in [2.05, 4.69) is 0 Å². The molecule has 2 saturated heterocycles. The van der Waals surface area contributed by atoms with Crippen molar-refractivity contribution in [3.8, 4) is 0 Å². The van der Waals surface area contributed by atoms with Crippen molar-refractivity contribution in [1.82, 2.24) is 14.4 Å². The molecular weight excluding hydrogens is 428 g/mol. The second-order valence-corrected chi connectivity index (χ2v) is 5.90. The van der Waals surface area contributed by atoms with E-state index < -0.39 is 12.1 Å². The number of carbonyl (C=O) groups is 2. The molecule has 1 aromatic rings. The van der Waals surface area contributed by atoms with E-state index in [1.165, 1.54) is 4.57 Å². The second-order valence-electron chi connectivity index (χ2n) is 5.90. The lowest BCUT2D eigenvalue weighted by Crippen LogP contribution is -3.00. The van der Waals surface area contributed by atoms with Crippen LogP contribution in [0.25, 0.3) is 0 Å². The summed E-state index contributed by atoms with van der Waals surface area (Å²) in [6.45, 7) is 0.887. The van der Waals surface area contributed by atoms with Crippen molar-refractivity contribution in [2.45, 2.75) is 6.18 Å². The molecule has 2 aliphatic heterocycles. The minimum Gasteiger partial charge on any atom is -1.00 e. The summed E-state index contributed by atoms with van der Waals surface area (Å²) in [7, 11) is 1.79. The molecule has 0 spiro atoms. The van der Waals surface area contributed by atoms with Crippen molar-refractivity contribution < 1.29 is 51.3 Å². The first-order chi connectivity index (χ1) is 10.3. The zero-order valence-electron chi connectivity index (χ0n) is 12.3. The summed E-state index contributed by atoms with van der Waals surface area (Å²) in [5.41, 5.74) is 0. The number of halogens is 4. The summed E-state index contributed by atoms with van der Waals surface area (Å²) < 4.78 is 40.5. The van der Waals surface area contributed by atoms with Crippen LogP contribution in [-0.2, 0) is 11.8 Å². The maximum atomic E-state index is 12.4. The van der Waals surface area contributed by atoms with E-state index in [0.29, 0.717) is 13.1 Å². The largest absolute Gasteiger partial charge is 1.00 e. The Morgan fingerprint density at radius 3 is 2.04 bits per heavy atom. The van der Waals surface area contributed by atoms with Crippen molar-refractivity contribution >= 4 is 11.9 Å². The number of likely N-dealkylation sites (tertiary alicyclic amines) is 2. The quantitative estimate of drug-likeness (QED) is 0.322. The van der Waals surface area contributed by atoms with Crippen LogP contribution in [0.4, 0.5) is 18.0 Å². The van der Waals surface area contributed by atoms with E-state index in [1.807, 2.05) is 0 Å². The highest BCUT2D eigenvalue weighted by atomic mass is 127. The first-order valence-electron chi connectivity index (χ1n) is 6.94. The van der Waals surface area contributed by atoms with Crippen LogP contribution in [0.2, 0.25) is 0 Å². The van der Waals surface area contributed by atoms with Crippen LogP contribution in [0.5, 0.6) is 0 Å². The highest BCUT2D eigenvalue weighted by Gasteiger charge is 2.50. The summed E-state index contributed by atoms with van der Waals surface area (Å²) in [5.74, 6) is -1.95. The number of aryl methyl sites for hydroxylation is 1. The van der Waals surface area contributed by atoms with Crippen molar-refractivity contribution in [2.75, 3.05) is 26.2 Å². The average molecular weight is 444 g/mol. The smallest absolute Gasteiger partial charge is 0.471 e. The van der Waals surface area contributed by atoms with Gasteiger partial charge in [-0.15, -0.1) is 0 Å². The summed E-state index contributed by atoms with van der Waals surface area (Å²) in [6.07, 6.45) is 0.179. The molecule has 3 rings (SSSR count). The molecule has 128 valence electrons. The van der Waals surface area contributed by atoms with E-state index >= 15 is 0 Å². The van der Waals surface area contributed by atoms with Gasteiger partial charge in [-0.25, -0.2) is 9.36 Å². The average Bonchev–Trinajstić information content (AvgIpc) is 3.09. The van der Waals surface area contributed by atoms with Gasteiger partial charge in [0.1, 0.15) is 12.4 Å². The maximum Gasteiger partial charge on any atom is 0.471 e. The molecule has 2 aliphatic rings.